The highest BCUT2D eigenvalue weighted by Crippen LogP contribution is 2.14. The van der Waals surface area contributed by atoms with Gasteiger partial charge < -0.3 is 20.1 Å². The summed E-state index contributed by atoms with van der Waals surface area (Å²) in [6, 6.07) is 12.8. The van der Waals surface area contributed by atoms with Gasteiger partial charge in [0.05, 0.1) is 5.69 Å². The molecule has 2 heterocycles. The molecule has 1 aromatic heterocycles. The Balaban J connectivity index is 1.29. The van der Waals surface area contributed by atoms with Crippen molar-refractivity contribution in [2.75, 3.05) is 45.8 Å². The van der Waals surface area contributed by atoms with Gasteiger partial charge in [0, 0.05) is 51.9 Å². The molecule has 0 spiro atoms. The molecule has 0 bridgehead atoms. The van der Waals surface area contributed by atoms with Crippen molar-refractivity contribution in [3.63, 3.8) is 0 Å². The normalized spacial score (nSPS) is 15.9. The van der Waals surface area contributed by atoms with Crippen molar-refractivity contribution < 1.29 is 4.52 Å². The molecule has 2 aromatic rings. The Morgan fingerprint density at radius 1 is 1.06 bits per heavy atom. The van der Waals surface area contributed by atoms with Crippen LogP contribution < -0.4 is 10.6 Å². The predicted molar refractivity (Wildman–Crippen MR) is 131 cm³/mol. The summed E-state index contributed by atoms with van der Waals surface area (Å²) in [5.74, 6) is 2.01. The number of unbranched alkanes of at least 4 members (excludes halogenated alkanes) is 1. The quantitative estimate of drug-likeness (QED) is 0.317. The molecule has 0 unspecified atom stereocenters. The molecule has 0 radical (unpaired) electrons. The van der Waals surface area contributed by atoms with Gasteiger partial charge >= 0.3 is 0 Å². The predicted octanol–water partition coefficient (Wildman–Crippen LogP) is 3.45. The molecule has 176 valence electrons. The average molecular weight is 441 g/mol. The minimum Gasteiger partial charge on any atom is -0.359 e. The molecular formula is C25H40N6O. The molecular weight excluding hydrogens is 400 g/mol. The highest BCUT2D eigenvalue weighted by Gasteiger charge is 2.16. The van der Waals surface area contributed by atoms with Gasteiger partial charge in [0.2, 0.25) is 0 Å². The van der Waals surface area contributed by atoms with Crippen molar-refractivity contribution in [1.82, 2.24) is 25.6 Å². The van der Waals surface area contributed by atoms with E-state index < -0.39 is 0 Å². The summed E-state index contributed by atoms with van der Waals surface area (Å²) in [5.41, 5.74) is 2.39. The summed E-state index contributed by atoms with van der Waals surface area (Å²) in [7, 11) is 0. The van der Waals surface area contributed by atoms with Crippen molar-refractivity contribution in [2.45, 2.75) is 52.6 Å². The van der Waals surface area contributed by atoms with E-state index in [-0.39, 0.29) is 0 Å². The topological polar surface area (TPSA) is 68.9 Å². The summed E-state index contributed by atoms with van der Waals surface area (Å²) in [5, 5.41) is 10.9. The molecule has 7 heteroatoms. The number of hydrogen-bond acceptors (Lipinski definition) is 5. The molecule has 0 amide bonds. The van der Waals surface area contributed by atoms with Gasteiger partial charge in [-0.3, -0.25) is 4.90 Å². The maximum absolute atomic E-state index is 5.38. The Kier molecular flexibility index (Phi) is 10.0. The Morgan fingerprint density at radius 2 is 1.81 bits per heavy atom. The maximum Gasteiger partial charge on any atom is 0.191 e. The first-order valence-corrected chi connectivity index (χ1v) is 12.1. The second-order valence-electron chi connectivity index (χ2n) is 8.81. The van der Waals surface area contributed by atoms with Crippen LogP contribution in [0.4, 0.5) is 0 Å². The maximum atomic E-state index is 5.38. The fourth-order valence-electron chi connectivity index (χ4n) is 3.85. The van der Waals surface area contributed by atoms with E-state index >= 15 is 0 Å². The van der Waals surface area contributed by atoms with E-state index in [1.165, 1.54) is 31.6 Å². The van der Waals surface area contributed by atoms with Crippen molar-refractivity contribution in [3.8, 4) is 0 Å². The lowest BCUT2D eigenvalue weighted by molar-refractivity contribution is 0.126. The Morgan fingerprint density at radius 3 is 2.50 bits per heavy atom. The van der Waals surface area contributed by atoms with Crippen LogP contribution in [0.15, 0.2) is 45.9 Å². The van der Waals surface area contributed by atoms with Crippen LogP contribution in [-0.4, -0.2) is 66.7 Å². The molecule has 0 saturated carbocycles. The molecule has 0 aliphatic carbocycles. The number of nitrogens with one attached hydrogen (secondary N) is 2. The van der Waals surface area contributed by atoms with Gasteiger partial charge in [-0.1, -0.05) is 49.3 Å². The second kappa shape index (κ2) is 13.2. The number of benzene rings is 1. The molecule has 1 aromatic carbocycles. The molecule has 2 N–H and O–H groups in total. The number of nitrogens with zero attached hydrogens (tertiary/aromatic N) is 4. The van der Waals surface area contributed by atoms with Crippen molar-refractivity contribution >= 4 is 5.96 Å². The van der Waals surface area contributed by atoms with E-state index in [4.69, 9.17) is 4.52 Å². The largest absolute Gasteiger partial charge is 0.359 e. The Hall–Kier alpha value is -2.38. The Bertz CT molecular complexity index is 796. The highest BCUT2D eigenvalue weighted by molar-refractivity contribution is 5.79. The molecule has 32 heavy (non-hydrogen) atoms. The van der Waals surface area contributed by atoms with E-state index in [0.717, 1.165) is 56.6 Å². The first-order valence-electron chi connectivity index (χ1n) is 12.1. The number of guanidine groups is 1. The zero-order valence-electron chi connectivity index (χ0n) is 20.0. The van der Waals surface area contributed by atoms with Gasteiger partial charge in [0.25, 0.3) is 0 Å². The van der Waals surface area contributed by atoms with Gasteiger partial charge in [0.15, 0.2) is 11.7 Å². The molecule has 7 nitrogen and oxygen atoms in total. The van der Waals surface area contributed by atoms with Crippen LogP contribution in [-0.2, 0) is 13.1 Å². The van der Waals surface area contributed by atoms with Crippen molar-refractivity contribution in [1.29, 1.82) is 0 Å². The van der Waals surface area contributed by atoms with Gasteiger partial charge in [-0.15, -0.1) is 0 Å². The summed E-state index contributed by atoms with van der Waals surface area (Å²) in [6.07, 6.45) is 2.33. The Labute approximate surface area is 193 Å². The van der Waals surface area contributed by atoms with Crippen LogP contribution in [0.2, 0.25) is 0 Å². The zero-order chi connectivity index (χ0) is 22.6. The monoisotopic (exact) mass is 440 g/mol. The lowest BCUT2D eigenvalue weighted by Gasteiger charge is -2.34. The van der Waals surface area contributed by atoms with Crippen LogP contribution in [0.5, 0.6) is 0 Å². The molecule has 1 saturated heterocycles. The number of rotatable bonds is 11. The van der Waals surface area contributed by atoms with Gasteiger partial charge in [-0.05, 0) is 37.8 Å². The van der Waals surface area contributed by atoms with E-state index in [0.29, 0.717) is 12.5 Å². The first-order chi connectivity index (χ1) is 15.6. The lowest BCUT2D eigenvalue weighted by Crippen LogP contribution is -2.46. The van der Waals surface area contributed by atoms with E-state index in [2.05, 4.69) is 81.7 Å². The molecule has 3 rings (SSSR count). The minimum atomic E-state index is 0.370. The summed E-state index contributed by atoms with van der Waals surface area (Å²) < 4.78 is 5.38. The molecule has 1 fully saturated rings. The molecule has 0 atom stereocenters. The summed E-state index contributed by atoms with van der Waals surface area (Å²) >= 11 is 0. The number of aliphatic imine (C=N–C) groups is 1. The van der Waals surface area contributed by atoms with Crippen molar-refractivity contribution in [2.24, 2.45) is 4.99 Å². The minimum absolute atomic E-state index is 0.370. The van der Waals surface area contributed by atoms with Gasteiger partial charge in [-0.2, -0.15) is 0 Å². The lowest BCUT2D eigenvalue weighted by atomic mass is 10.1. The third-order valence-corrected chi connectivity index (χ3v) is 5.81. The SMILES string of the molecule is CCNC(=NCc1cc(C(C)C)no1)NCCCCN1CCN(Cc2ccccc2)CC1. The van der Waals surface area contributed by atoms with E-state index in [9.17, 15) is 0 Å². The van der Waals surface area contributed by atoms with E-state index in [1.54, 1.807) is 0 Å². The molecule has 1 aliphatic heterocycles. The third kappa shape index (κ3) is 8.28. The van der Waals surface area contributed by atoms with Crippen LogP contribution in [0.1, 0.15) is 56.5 Å². The first kappa shape index (κ1) is 24.3. The second-order valence-corrected chi connectivity index (χ2v) is 8.81. The van der Waals surface area contributed by atoms with Crippen LogP contribution in [0, 0.1) is 0 Å². The van der Waals surface area contributed by atoms with Gasteiger partial charge in [0.1, 0.15) is 6.54 Å². The average Bonchev–Trinajstić information content (AvgIpc) is 3.28. The number of hydrogen-bond donors (Lipinski definition) is 2. The van der Waals surface area contributed by atoms with Crippen molar-refractivity contribution in [3.05, 3.63) is 53.4 Å². The van der Waals surface area contributed by atoms with E-state index in [1.807, 2.05) is 6.07 Å². The van der Waals surface area contributed by atoms with Crippen LogP contribution in [0.3, 0.4) is 0 Å². The molecule has 1 aliphatic rings. The van der Waals surface area contributed by atoms with Gasteiger partial charge in [-0.25, -0.2) is 4.99 Å². The zero-order valence-corrected chi connectivity index (χ0v) is 20.0. The third-order valence-electron chi connectivity index (χ3n) is 5.81. The summed E-state index contributed by atoms with van der Waals surface area (Å²) in [4.78, 5) is 9.79. The fourth-order valence-corrected chi connectivity index (χ4v) is 3.85. The fraction of sp³-hybridized carbons (Fsp3) is 0.600. The standard InChI is InChI=1S/C25H40N6O/c1-4-26-25(28-19-23-18-24(21(2)3)29-32-23)27-12-8-9-13-30-14-16-31(17-15-30)20-22-10-6-5-7-11-22/h5-7,10-11,18,21H,4,8-9,12-17,19-20H2,1-3H3,(H2,26,27,28). The number of piperazine rings is 1. The highest BCUT2D eigenvalue weighted by atomic mass is 16.5. The van der Waals surface area contributed by atoms with Crippen LogP contribution in [0.25, 0.3) is 0 Å². The smallest absolute Gasteiger partial charge is 0.191 e. The van der Waals surface area contributed by atoms with Crippen LogP contribution >= 0.6 is 0 Å². The number of aromatic nitrogens is 1. The summed E-state index contributed by atoms with van der Waals surface area (Å²) in [6.45, 7) is 15.5.